The van der Waals surface area contributed by atoms with E-state index in [1.165, 1.54) is 15.8 Å². The van der Waals surface area contributed by atoms with Crippen LogP contribution in [0.4, 0.5) is 5.82 Å². The predicted molar refractivity (Wildman–Crippen MR) is 87.9 cm³/mol. The number of thiophene rings is 1. The van der Waals surface area contributed by atoms with Crippen LogP contribution in [0.25, 0.3) is 10.2 Å². The van der Waals surface area contributed by atoms with Crippen LogP contribution in [0, 0.1) is 13.8 Å². The van der Waals surface area contributed by atoms with Gasteiger partial charge in [0.25, 0.3) is 0 Å². The molecule has 0 radical (unpaired) electrons. The van der Waals surface area contributed by atoms with Crippen molar-refractivity contribution in [2.75, 3.05) is 38.6 Å². The van der Waals surface area contributed by atoms with Crippen molar-refractivity contribution < 1.29 is 0 Å². The summed E-state index contributed by atoms with van der Waals surface area (Å²) in [6.07, 6.45) is 2.83. The normalized spacial score (nSPS) is 11.5. The Morgan fingerprint density at radius 3 is 2.50 bits per heavy atom. The minimum Gasteiger partial charge on any atom is -0.355 e. The van der Waals surface area contributed by atoms with E-state index in [9.17, 15) is 0 Å². The quantitative estimate of drug-likeness (QED) is 0.819. The van der Waals surface area contributed by atoms with Gasteiger partial charge in [-0.2, -0.15) is 0 Å². The molecule has 0 saturated carbocycles. The van der Waals surface area contributed by atoms with Crippen molar-refractivity contribution in [3.63, 3.8) is 0 Å². The third-order valence-electron chi connectivity index (χ3n) is 3.56. The van der Waals surface area contributed by atoms with Gasteiger partial charge in [0.2, 0.25) is 0 Å². The summed E-state index contributed by atoms with van der Waals surface area (Å²) in [6, 6.07) is 0. The molecule has 2 heterocycles. The number of nitrogens with zero attached hydrogens (tertiary/aromatic N) is 4. The SMILES string of the molecule is CCCN(CCN(C)C)c1ncnc2sc(C)c(C)c12. The highest BCUT2D eigenvalue weighted by molar-refractivity contribution is 7.18. The van der Waals surface area contributed by atoms with Crippen LogP contribution in [0.1, 0.15) is 23.8 Å². The van der Waals surface area contributed by atoms with E-state index in [0.29, 0.717) is 0 Å². The molecule has 0 aliphatic heterocycles. The van der Waals surface area contributed by atoms with Crippen molar-refractivity contribution in [1.29, 1.82) is 0 Å². The van der Waals surface area contributed by atoms with Crippen molar-refractivity contribution in [2.45, 2.75) is 27.2 Å². The molecule has 2 aromatic rings. The molecule has 2 rings (SSSR count). The Hall–Kier alpha value is -1.20. The summed E-state index contributed by atoms with van der Waals surface area (Å²) in [6.45, 7) is 9.63. The van der Waals surface area contributed by atoms with Crippen LogP contribution in [-0.2, 0) is 0 Å². The molecule has 0 amide bonds. The summed E-state index contributed by atoms with van der Waals surface area (Å²) in [7, 11) is 4.22. The fourth-order valence-electron chi connectivity index (χ4n) is 2.32. The number of anilines is 1. The maximum Gasteiger partial charge on any atom is 0.141 e. The zero-order chi connectivity index (χ0) is 14.7. The van der Waals surface area contributed by atoms with Gasteiger partial charge in [-0.3, -0.25) is 0 Å². The lowest BCUT2D eigenvalue weighted by atomic mass is 10.2. The smallest absolute Gasteiger partial charge is 0.141 e. The van der Waals surface area contributed by atoms with Gasteiger partial charge in [0.1, 0.15) is 17.0 Å². The van der Waals surface area contributed by atoms with Crippen LogP contribution in [0.2, 0.25) is 0 Å². The number of hydrogen-bond donors (Lipinski definition) is 0. The molecule has 0 atom stereocenters. The molecule has 0 N–H and O–H groups in total. The zero-order valence-corrected chi connectivity index (χ0v) is 13.9. The van der Waals surface area contributed by atoms with Gasteiger partial charge in [-0.15, -0.1) is 11.3 Å². The summed E-state index contributed by atoms with van der Waals surface area (Å²) < 4.78 is 0. The predicted octanol–water partition coefficient (Wildman–Crippen LogP) is 3.09. The van der Waals surface area contributed by atoms with E-state index in [1.807, 2.05) is 0 Å². The maximum absolute atomic E-state index is 4.58. The molecule has 0 spiro atoms. The van der Waals surface area contributed by atoms with Gasteiger partial charge in [0, 0.05) is 24.5 Å². The van der Waals surface area contributed by atoms with E-state index in [2.05, 4.69) is 54.6 Å². The second-order valence-corrected chi connectivity index (χ2v) is 6.65. The van der Waals surface area contributed by atoms with E-state index in [0.717, 1.165) is 36.7 Å². The number of aryl methyl sites for hydroxylation is 2. The number of rotatable bonds is 6. The second-order valence-electron chi connectivity index (χ2n) is 5.45. The van der Waals surface area contributed by atoms with Crippen LogP contribution >= 0.6 is 11.3 Å². The summed E-state index contributed by atoms with van der Waals surface area (Å²) in [4.78, 5) is 16.1. The Balaban J connectivity index is 2.41. The standard InChI is InChI=1S/C15H24N4S/c1-6-7-19(9-8-18(4)5)14-13-11(2)12(3)20-15(13)17-10-16-14/h10H,6-9H2,1-5H3. The van der Waals surface area contributed by atoms with Crippen molar-refractivity contribution >= 4 is 27.4 Å². The molecule has 2 aromatic heterocycles. The number of likely N-dealkylation sites (N-methyl/N-ethyl adjacent to an activating group) is 1. The summed E-state index contributed by atoms with van der Waals surface area (Å²) in [5, 5.41) is 1.24. The molecule has 20 heavy (non-hydrogen) atoms. The maximum atomic E-state index is 4.58. The van der Waals surface area contributed by atoms with E-state index in [1.54, 1.807) is 17.7 Å². The zero-order valence-electron chi connectivity index (χ0n) is 13.1. The van der Waals surface area contributed by atoms with E-state index in [-0.39, 0.29) is 0 Å². The first-order chi connectivity index (χ1) is 9.54. The van der Waals surface area contributed by atoms with Gasteiger partial charge in [-0.25, -0.2) is 9.97 Å². The monoisotopic (exact) mass is 292 g/mol. The average Bonchev–Trinajstić information content (AvgIpc) is 2.70. The van der Waals surface area contributed by atoms with Crippen LogP contribution < -0.4 is 4.90 Å². The lowest BCUT2D eigenvalue weighted by molar-refractivity contribution is 0.412. The second kappa shape index (κ2) is 6.50. The van der Waals surface area contributed by atoms with Gasteiger partial charge >= 0.3 is 0 Å². The molecule has 0 saturated heterocycles. The Kier molecular flexibility index (Phi) is 4.94. The van der Waals surface area contributed by atoms with Crippen LogP contribution in [0.3, 0.4) is 0 Å². The van der Waals surface area contributed by atoms with Crippen LogP contribution in [-0.4, -0.2) is 48.6 Å². The molecule has 0 aromatic carbocycles. The lowest BCUT2D eigenvalue weighted by Gasteiger charge is -2.25. The molecular formula is C15H24N4S. The van der Waals surface area contributed by atoms with Crippen molar-refractivity contribution in [3.8, 4) is 0 Å². The largest absolute Gasteiger partial charge is 0.355 e. The number of aromatic nitrogens is 2. The molecule has 5 heteroatoms. The van der Waals surface area contributed by atoms with Gasteiger partial charge in [-0.05, 0) is 39.9 Å². The fourth-order valence-corrected chi connectivity index (χ4v) is 3.31. The van der Waals surface area contributed by atoms with Gasteiger partial charge in [0.05, 0.1) is 5.39 Å². The number of fused-ring (bicyclic) bond motifs is 1. The van der Waals surface area contributed by atoms with Crippen molar-refractivity contribution in [1.82, 2.24) is 14.9 Å². The summed E-state index contributed by atoms with van der Waals surface area (Å²) in [5.74, 6) is 1.10. The molecule has 0 aliphatic carbocycles. The molecular weight excluding hydrogens is 268 g/mol. The van der Waals surface area contributed by atoms with Gasteiger partial charge in [-0.1, -0.05) is 6.92 Å². The Morgan fingerprint density at radius 1 is 1.10 bits per heavy atom. The van der Waals surface area contributed by atoms with Gasteiger partial charge < -0.3 is 9.80 Å². The molecule has 0 unspecified atom stereocenters. The van der Waals surface area contributed by atoms with Crippen LogP contribution in [0.5, 0.6) is 0 Å². The molecule has 0 fully saturated rings. The minimum absolute atomic E-state index is 1.00. The lowest BCUT2D eigenvalue weighted by Crippen LogP contribution is -2.33. The van der Waals surface area contributed by atoms with E-state index in [4.69, 9.17) is 0 Å². The molecule has 110 valence electrons. The average molecular weight is 292 g/mol. The molecule has 4 nitrogen and oxygen atoms in total. The third kappa shape index (κ3) is 3.10. The minimum atomic E-state index is 1.00. The fraction of sp³-hybridized carbons (Fsp3) is 0.600. The Labute approximate surface area is 125 Å². The summed E-state index contributed by atoms with van der Waals surface area (Å²) >= 11 is 1.76. The molecule has 0 bridgehead atoms. The van der Waals surface area contributed by atoms with E-state index >= 15 is 0 Å². The van der Waals surface area contributed by atoms with Crippen molar-refractivity contribution in [3.05, 3.63) is 16.8 Å². The highest BCUT2D eigenvalue weighted by Crippen LogP contribution is 2.34. The number of hydrogen-bond acceptors (Lipinski definition) is 5. The van der Waals surface area contributed by atoms with Crippen LogP contribution in [0.15, 0.2) is 6.33 Å². The highest BCUT2D eigenvalue weighted by Gasteiger charge is 2.16. The Morgan fingerprint density at radius 2 is 1.85 bits per heavy atom. The first-order valence-corrected chi connectivity index (χ1v) is 7.96. The topological polar surface area (TPSA) is 32.3 Å². The Bertz CT molecular complexity index is 577. The summed E-state index contributed by atoms with van der Waals surface area (Å²) in [5.41, 5.74) is 1.33. The molecule has 0 aliphatic rings. The van der Waals surface area contributed by atoms with Gasteiger partial charge in [0.15, 0.2) is 0 Å². The van der Waals surface area contributed by atoms with Crippen molar-refractivity contribution in [2.24, 2.45) is 0 Å². The van der Waals surface area contributed by atoms with E-state index < -0.39 is 0 Å². The first kappa shape index (κ1) is 15.2. The highest BCUT2D eigenvalue weighted by atomic mass is 32.1. The third-order valence-corrected chi connectivity index (χ3v) is 4.67. The first-order valence-electron chi connectivity index (χ1n) is 7.15.